The molecule has 0 aromatic carbocycles. The first-order valence-corrected chi connectivity index (χ1v) is 4.96. The molecule has 2 nitrogen and oxygen atoms in total. The molecule has 4 atom stereocenters. The molecular formula is C10H21NO. The van der Waals surface area contributed by atoms with Gasteiger partial charge in [0.05, 0.1) is 5.60 Å². The van der Waals surface area contributed by atoms with Gasteiger partial charge in [-0.2, -0.15) is 0 Å². The van der Waals surface area contributed by atoms with Crippen molar-refractivity contribution in [3.63, 3.8) is 0 Å². The van der Waals surface area contributed by atoms with Crippen LogP contribution in [0.4, 0.5) is 0 Å². The summed E-state index contributed by atoms with van der Waals surface area (Å²) in [5, 5.41) is 10.2. The molecule has 2 heteroatoms. The molecule has 0 aliphatic heterocycles. The smallest absolute Gasteiger partial charge is 0.0690 e. The molecule has 1 aliphatic carbocycles. The molecule has 3 N–H and O–H groups in total. The van der Waals surface area contributed by atoms with Crippen molar-refractivity contribution in [2.45, 2.75) is 39.2 Å². The monoisotopic (exact) mass is 171 g/mol. The largest absolute Gasteiger partial charge is 0.390 e. The summed E-state index contributed by atoms with van der Waals surface area (Å²) in [5.74, 6) is 1.46. The van der Waals surface area contributed by atoms with Crippen LogP contribution in [0.25, 0.3) is 0 Å². The minimum atomic E-state index is -0.525. The third-order valence-electron chi connectivity index (χ3n) is 3.46. The maximum absolute atomic E-state index is 10.2. The fraction of sp³-hybridized carbons (Fsp3) is 1.00. The first kappa shape index (κ1) is 10.0. The van der Waals surface area contributed by atoms with Gasteiger partial charge in [0.15, 0.2) is 0 Å². The normalized spacial score (nSPS) is 35.8. The van der Waals surface area contributed by atoms with Crippen LogP contribution in [0.15, 0.2) is 0 Å². The summed E-state index contributed by atoms with van der Waals surface area (Å²) in [6, 6.07) is 0. The molecule has 0 heterocycles. The predicted octanol–water partition coefficient (Wildman–Crippen LogP) is 1.38. The maximum atomic E-state index is 10.2. The Labute approximate surface area is 75.2 Å². The fourth-order valence-electron chi connectivity index (χ4n) is 2.26. The third kappa shape index (κ3) is 1.64. The zero-order chi connectivity index (χ0) is 9.35. The molecule has 0 bridgehead atoms. The van der Waals surface area contributed by atoms with E-state index in [1.807, 2.05) is 6.92 Å². The Bertz CT molecular complexity index is 152. The van der Waals surface area contributed by atoms with Crippen LogP contribution in [0, 0.1) is 17.8 Å². The van der Waals surface area contributed by atoms with Crippen molar-refractivity contribution in [3.05, 3.63) is 0 Å². The van der Waals surface area contributed by atoms with Gasteiger partial charge in [-0.1, -0.05) is 13.8 Å². The van der Waals surface area contributed by atoms with Gasteiger partial charge < -0.3 is 10.8 Å². The van der Waals surface area contributed by atoms with E-state index in [2.05, 4.69) is 13.8 Å². The summed E-state index contributed by atoms with van der Waals surface area (Å²) in [5.41, 5.74) is 5.10. The van der Waals surface area contributed by atoms with Gasteiger partial charge in [-0.15, -0.1) is 0 Å². The van der Waals surface area contributed by atoms with Crippen molar-refractivity contribution >= 4 is 0 Å². The van der Waals surface area contributed by atoms with E-state index in [4.69, 9.17) is 5.73 Å². The van der Waals surface area contributed by atoms with E-state index >= 15 is 0 Å². The van der Waals surface area contributed by atoms with E-state index in [-0.39, 0.29) is 5.92 Å². The Morgan fingerprint density at radius 1 is 1.67 bits per heavy atom. The number of hydrogen-bond acceptors (Lipinski definition) is 2. The minimum Gasteiger partial charge on any atom is -0.390 e. The predicted molar refractivity (Wildman–Crippen MR) is 50.7 cm³/mol. The maximum Gasteiger partial charge on any atom is 0.0690 e. The molecule has 72 valence electrons. The molecule has 0 amide bonds. The van der Waals surface area contributed by atoms with Gasteiger partial charge in [-0.3, -0.25) is 0 Å². The second-order valence-corrected chi connectivity index (χ2v) is 4.39. The van der Waals surface area contributed by atoms with E-state index < -0.39 is 5.60 Å². The standard InChI is InChI=1S/C10H21NO/c1-4-8(6-11)10(3,12)9-5-7(9)2/h7-9,12H,4-6,11H2,1-3H3. The Kier molecular flexibility index (Phi) is 2.79. The summed E-state index contributed by atoms with van der Waals surface area (Å²) < 4.78 is 0. The van der Waals surface area contributed by atoms with E-state index in [1.165, 1.54) is 6.42 Å². The second kappa shape index (κ2) is 3.35. The lowest BCUT2D eigenvalue weighted by molar-refractivity contribution is -0.0238. The summed E-state index contributed by atoms with van der Waals surface area (Å²) in [4.78, 5) is 0. The van der Waals surface area contributed by atoms with Gasteiger partial charge in [-0.05, 0) is 44.1 Å². The average Bonchev–Trinajstić information content (AvgIpc) is 2.69. The summed E-state index contributed by atoms with van der Waals surface area (Å²) >= 11 is 0. The number of rotatable bonds is 4. The van der Waals surface area contributed by atoms with Crippen LogP contribution < -0.4 is 5.73 Å². The highest BCUT2D eigenvalue weighted by Crippen LogP contribution is 2.49. The minimum absolute atomic E-state index is 0.271. The summed E-state index contributed by atoms with van der Waals surface area (Å²) in [7, 11) is 0. The molecule has 0 spiro atoms. The first-order valence-electron chi connectivity index (χ1n) is 4.96. The van der Waals surface area contributed by atoms with Crippen molar-refractivity contribution in [2.24, 2.45) is 23.5 Å². The van der Waals surface area contributed by atoms with Crippen molar-refractivity contribution in [1.29, 1.82) is 0 Å². The SMILES string of the molecule is CCC(CN)C(C)(O)C1CC1C. The Morgan fingerprint density at radius 2 is 2.17 bits per heavy atom. The second-order valence-electron chi connectivity index (χ2n) is 4.39. The molecule has 0 saturated heterocycles. The topological polar surface area (TPSA) is 46.2 Å². The van der Waals surface area contributed by atoms with Crippen LogP contribution in [0.2, 0.25) is 0 Å². The van der Waals surface area contributed by atoms with E-state index in [0.717, 1.165) is 6.42 Å². The van der Waals surface area contributed by atoms with E-state index in [9.17, 15) is 5.11 Å². The molecule has 1 fully saturated rings. The van der Waals surface area contributed by atoms with Crippen LogP contribution in [-0.2, 0) is 0 Å². The third-order valence-corrected chi connectivity index (χ3v) is 3.46. The van der Waals surface area contributed by atoms with Gasteiger partial charge in [0.1, 0.15) is 0 Å². The summed E-state index contributed by atoms with van der Waals surface area (Å²) in [6.45, 7) is 6.84. The molecule has 0 aromatic heterocycles. The molecule has 4 unspecified atom stereocenters. The highest BCUT2D eigenvalue weighted by atomic mass is 16.3. The molecule has 1 saturated carbocycles. The zero-order valence-corrected chi connectivity index (χ0v) is 8.38. The lowest BCUT2D eigenvalue weighted by atomic mass is 9.82. The number of hydrogen-bond donors (Lipinski definition) is 2. The number of aliphatic hydroxyl groups is 1. The Hall–Kier alpha value is -0.0800. The van der Waals surface area contributed by atoms with Crippen LogP contribution >= 0.6 is 0 Å². The van der Waals surface area contributed by atoms with Crippen LogP contribution in [-0.4, -0.2) is 17.3 Å². The van der Waals surface area contributed by atoms with Crippen LogP contribution in [0.1, 0.15) is 33.6 Å². The molecule has 12 heavy (non-hydrogen) atoms. The fourth-order valence-corrected chi connectivity index (χ4v) is 2.26. The van der Waals surface area contributed by atoms with Gasteiger partial charge in [0, 0.05) is 0 Å². The van der Waals surface area contributed by atoms with Crippen molar-refractivity contribution in [3.8, 4) is 0 Å². The quantitative estimate of drug-likeness (QED) is 0.671. The van der Waals surface area contributed by atoms with Crippen LogP contribution in [0.5, 0.6) is 0 Å². The summed E-state index contributed by atoms with van der Waals surface area (Å²) in [6.07, 6.45) is 2.15. The molecule has 1 aliphatic rings. The van der Waals surface area contributed by atoms with E-state index in [1.54, 1.807) is 0 Å². The van der Waals surface area contributed by atoms with Gasteiger partial charge in [-0.25, -0.2) is 0 Å². The molecule has 0 aromatic rings. The number of nitrogens with two attached hydrogens (primary N) is 1. The van der Waals surface area contributed by atoms with Gasteiger partial charge in [0.2, 0.25) is 0 Å². The molecule has 1 rings (SSSR count). The molecule has 0 radical (unpaired) electrons. The van der Waals surface area contributed by atoms with Crippen LogP contribution in [0.3, 0.4) is 0 Å². The first-order chi connectivity index (χ1) is 5.54. The molecular weight excluding hydrogens is 150 g/mol. The van der Waals surface area contributed by atoms with Gasteiger partial charge >= 0.3 is 0 Å². The average molecular weight is 171 g/mol. The van der Waals surface area contributed by atoms with Crippen molar-refractivity contribution in [2.75, 3.05) is 6.54 Å². The highest BCUT2D eigenvalue weighted by molar-refractivity contribution is 5.00. The lowest BCUT2D eigenvalue weighted by Gasteiger charge is -2.32. The highest BCUT2D eigenvalue weighted by Gasteiger charge is 2.49. The van der Waals surface area contributed by atoms with Crippen molar-refractivity contribution in [1.82, 2.24) is 0 Å². The zero-order valence-electron chi connectivity index (χ0n) is 8.38. The lowest BCUT2D eigenvalue weighted by Crippen LogP contribution is -2.41. The van der Waals surface area contributed by atoms with Crippen molar-refractivity contribution < 1.29 is 5.11 Å². The Morgan fingerprint density at radius 3 is 2.42 bits per heavy atom. The van der Waals surface area contributed by atoms with E-state index in [0.29, 0.717) is 18.4 Å². The Balaban J connectivity index is 2.56. The van der Waals surface area contributed by atoms with Gasteiger partial charge in [0.25, 0.3) is 0 Å².